The Bertz CT molecular complexity index is 1060. The van der Waals surface area contributed by atoms with E-state index in [9.17, 15) is 22.8 Å². The van der Waals surface area contributed by atoms with Crippen molar-refractivity contribution in [2.24, 2.45) is 0 Å². The van der Waals surface area contributed by atoms with Crippen molar-refractivity contribution in [3.05, 3.63) is 53.6 Å². The second-order valence-corrected chi connectivity index (χ2v) is 7.90. The summed E-state index contributed by atoms with van der Waals surface area (Å²) in [6, 6.07) is 10.2. The van der Waals surface area contributed by atoms with Crippen LogP contribution in [-0.2, 0) is 24.3 Å². The summed E-state index contributed by atoms with van der Waals surface area (Å²) < 4.78 is 32.6. The number of imide groups is 1. The Morgan fingerprint density at radius 1 is 1.07 bits per heavy atom. The van der Waals surface area contributed by atoms with Gasteiger partial charge in [-0.3, -0.25) is 19.2 Å². The first-order chi connectivity index (χ1) is 13.2. The number of rotatable bonds is 5. The van der Waals surface area contributed by atoms with Crippen molar-refractivity contribution < 1.29 is 27.5 Å². The molecule has 1 aliphatic rings. The molecule has 0 unspecified atom stereocenters. The fourth-order valence-electron chi connectivity index (χ4n) is 2.96. The van der Waals surface area contributed by atoms with Crippen molar-refractivity contribution in [2.45, 2.75) is 24.7 Å². The number of para-hydroxylation sites is 1. The molecule has 28 heavy (non-hydrogen) atoms. The highest BCUT2D eigenvalue weighted by Gasteiger charge is 2.31. The first-order valence-corrected chi connectivity index (χ1v) is 9.89. The second-order valence-electron chi connectivity index (χ2n) is 6.21. The molecule has 146 valence electrons. The van der Waals surface area contributed by atoms with Crippen molar-refractivity contribution in [2.75, 3.05) is 16.7 Å². The summed E-state index contributed by atoms with van der Waals surface area (Å²) in [5.74, 6) is -1.29. The topological polar surface area (TPSA) is 110 Å². The van der Waals surface area contributed by atoms with Crippen molar-refractivity contribution >= 4 is 39.2 Å². The standard InChI is InChI=1S/C19H18N2O6S/c1-12-11-13(7-8-16(12)21-17(22)9-10-18(21)23)28(25,26)20-15-6-4-3-5-14(15)19(24)27-2/h3-8,11,20H,9-10H2,1-2H3. The largest absolute Gasteiger partial charge is 0.465 e. The lowest BCUT2D eigenvalue weighted by molar-refractivity contribution is -0.121. The molecule has 1 heterocycles. The van der Waals surface area contributed by atoms with Crippen molar-refractivity contribution in [1.29, 1.82) is 0 Å². The molecular weight excluding hydrogens is 384 g/mol. The van der Waals surface area contributed by atoms with Gasteiger partial charge in [0.15, 0.2) is 0 Å². The van der Waals surface area contributed by atoms with E-state index in [0.29, 0.717) is 11.3 Å². The van der Waals surface area contributed by atoms with E-state index in [0.717, 1.165) is 4.90 Å². The smallest absolute Gasteiger partial charge is 0.339 e. The van der Waals surface area contributed by atoms with E-state index >= 15 is 0 Å². The van der Waals surface area contributed by atoms with Gasteiger partial charge in [-0.2, -0.15) is 0 Å². The highest BCUT2D eigenvalue weighted by Crippen LogP contribution is 2.29. The molecule has 0 aromatic heterocycles. The van der Waals surface area contributed by atoms with Gasteiger partial charge in [-0.1, -0.05) is 12.1 Å². The minimum absolute atomic E-state index is 0.0625. The van der Waals surface area contributed by atoms with Crippen LogP contribution in [0.4, 0.5) is 11.4 Å². The van der Waals surface area contributed by atoms with Gasteiger partial charge in [0.1, 0.15) is 0 Å². The number of carbonyl (C=O) groups is 3. The first kappa shape index (κ1) is 19.6. The molecule has 0 radical (unpaired) electrons. The minimum Gasteiger partial charge on any atom is -0.465 e. The molecule has 0 atom stereocenters. The van der Waals surface area contributed by atoms with Crippen LogP contribution >= 0.6 is 0 Å². The lowest BCUT2D eigenvalue weighted by Crippen LogP contribution is -2.29. The highest BCUT2D eigenvalue weighted by atomic mass is 32.2. The first-order valence-electron chi connectivity index (χ1n) is 8.41. The van der Waals surface area contributed by atoms with Gasteiger partial charge >= 0.3 is 5.97 Å². The Kier molecular flexibility index (Phi) is 5.19. The highest BCUT2D eigenvalue weighted by molar-refractivity contribution is 7.92. The maximum absolute atomic E-state index is 12.8. The number of aryl methyl sites for hydroxylation is 1. The van der Waals surface area contributed by atoms with Gasteiger partial charge in [0.2, 0.25) is 11.8 Å². The molecule has 0 bridgehead atoms. The van der Waals surface area contributed by atoms with Gasteiger partial charge in [0.25, 0.3) is 10.0 Å². The number of hydrogen-bond acceptors (Lipinski definition) is 6. The van der Waals surface area contributed by atoms with Crippen LogP contribution in [0.25, 0.3) is 0 Å². The van der Waals surface area contributed by atoms with Crippen molar-refractivity contribution in [3.8, 4) is 0 Å². The van der Waals surface area contributed by atoms with Crippen molar-refractivity contribution in [3.63, 3.8) is 0 Å². The van der Waals surface area contributed by atoms with Crippen LogP contribution in [0.2, 0.25) is 0 Å². The molecule has 1 saturated heterocycles. The quantitative estimate of drug-likeness (QED) is 0.607. The van der Waals surface area contributed by atoms with E-state index in [2.05, 4.69) is 9.46 Å². The zero-order valence-corrected chi connectivity index (χ0v) is 16.1. The number of sulfonamides is 1. The van der Waals surface area contributed by atoms with Crippen LogP contribution in [0, 0.1) is 6.92 Å². The lowest BCUT2D eigenvalue weighted by Gasteiger charge is -2.18. The van der Waals surface area contributed by atoms with Gasteiger partial charge in [0, 0.05) is 12.8 Å². The normalized spacial score (nSPS) is 14.3. The molecule has 1 aliphatic heterocycles. The molecule has 3 rings (SSSR count). The molecule has 2 aromatic rings. The Labute approximate surface area is 162 Å². The fourth-order valence-corrected chi connectivity index (χ4v) is 4.12. The van der Waals surface area contributed by atoms with E-state index in [-0.39, 0.29) is 40.8 Å². The van der Waals surface area contributed by atoms with Crippen LogP contribution in [0.15, 0.2) is 47.4 Å². The molecule has 0 saturated carbocycles. The number of nitrogens with zero attached hydrogens (tertiary/aromatic N) is 1. The summed E-state index contributed by atoms with van der Waals surface area (Å²) in [7, 11) is -2.81. The van der Waals surface area contributed by atoms with E-state index in [1.807, 2.05) is 0 Å². The zero-order valence-electron chi connectivity index (χ0n) is 15.3. The summed E-state index contributed by atoms with van der Waals surface area (Å²) in [4.78, 5) is 36.7. The van der Waals surface area contributed by atoms with Crippen LogP contribution in [-0.4, -0.2) is 33.3 Å². The van der Waals surface area contributed by atoms with E-state index in [1.54, 1.807) is 19.1 Å². The number of carbonyl (C=O) groups excluding carboxylic acids is 3. The maximum atomic E-state index is 12.8. The summed E-state index contributed by atoms with van der Waals surface area (Å²) in [5, 5.41) is 0. The minimum atomic E-state index is -4.01. The molecule has 1 fully saturated rings. The third-order valence-electron chi connectivity index (χ3n) is 4.35. The summed E-state index contributed by atoms with van der Waals surface area (Å²) in [5.41, 5.74) is 0.991. The van der Waals surface area contributed by atoms with Crippen LogP contribution < -0.4 is 9.62 Å². The fraction of sp³-hybridized carbons (Fsp3) is 0.211. The molecule has 0 aliphatic carbocycles. The van der Waals surface area contributed by atoms with E-state index < -0.39 is 16.0 Å². The number of esters is 1. The summed E-state index contributed by atoms with van der Waals surface area (Å²) >= 11 is 0. The lowest BCUT2D eigenvalue weighted by atomic mass is 10.2. The Balaban J connectivity index is 1.94. The third kappa shape index (κ3) is 3.61. The molecule has 2 aromatic carbocycles. The predicted octanol–water partition coefficient (Wildman–Crippen LogP) is 2.24. The molecule has 0 spiro atoms. The van der Waals surface area contributed by atoms with Crippen LogP contribution in [0.1, 0.15) is 28.8 Å². The van der Waals surface area contributed by atoms with Gasteiger partial charge in [-0.15, -0.1) is 0 Å². The van der Waals surface area contributed by atoms with Gasteiger partial charge < -0.3 is 4.74 Å². The number of amides is 2. The maximum Gasteiger partial charge on any atom is 0.339 e. The average Bonchev–Trinajstić information content (AvgIpc) is 2.99. The number of methoxy groups -OCH3 is 1. The van der Waals surface area contributed by atoms with Crippen LogP contribution in [0.5, 0.6) is 0 Å². The van der Waals surface area contributed by atoms with Crippen molar-refractivity contribution in [1.82, 2.24) is 0 Å². The number of nitrogens with one attached hydrogen (secondary N) is 1. The van der Waals surface area contributed by atoms with E-state index in [1.165, 1.54) is 37.4 Å². The van der Waals surface area contributed by atoms with Gasteiger partial charge in [-0.25, -0.2) is 13.2 Å². The second kappa shape index (κ2) is 7.43. The zero-order chi connectivity index (χ0) is 20.5. The number of benzene rings is 2. The number of hydrogen-bond donors (Lipinski definition) is 1. The SMILES string of the molecule is COC(=O)c1ccccc1NS(=O)(=O)c1ccc(N2C(=O)CCC2=O)c(C)c1. The average molecular weight is 402 g/mol. The predicted molar refractivity (Wildman–Crippen MR) is 101 cm³/mol. The molecule has 9 heteroatoms. The molecular formula is C19H18N2O6S. The van der Waals surface area contributed by atoms with Gasteiger partial charge in [0.05, 0.1) is 28.9 Å². The number of anilines is 2. The molecule has 8 nitrogen and oxygen atoms in total. The third-order valence-corrected chi connectivity index (χ3v) is 5.71. The van der Waals surface area contributed by atoms with Crippen LogP contribution in [0.3, 0.4) is 0 Å². The summed E-state index contributed by atoms with van der Waals surface area (Å²) in [6.45, 7) is 1.62. The Morgan fingerprint density at radius 2 is 1.71 bits per heavy atom. The summed E-state index contributed by atoms with van der Waals surface area (Å²) in [6.07, 6.45) is 0.286. The molecule has 1 N–H and O–H groups in total. The molecule has 2 amide bonds. The Morgan fingerprint density at radius 3 is 2.32 bits per heavy atom. The van der Waals surface area contributed by atoms with E-state index in [4.69, 9.17) is 0 Å². The monoisotopic (exact) mass is 402 g/mol. The van der Waals surface area contributed by atoms with Gasteiger partial charge in [-0.05, 0) is 42.8 Å². The number of ether oxygens (including phenoxy) is 1. The Hall–Kier alpha value is -3.20.